The number of rotatable bonds is 4. The molecular weight excluding hydrogens is 411 g/mol. The minimum atomic E-state index is -1.17. The first-order valence-corrected chi connectivity index (χ1v) is 9.66. The number of hydrogen-bond donors (Lipinski definition) is 1. The Hall–Kier alpha value is -3.46. The number of aromatic hydroxyl groups is 1. The van der Waals surface area contributed by atoms with Crippen molar-refractivity contribution in [2.24, 2.45) is 0 Å². The molecule has 4 rings (SSSR count). The molecule has 9 heteroatoms. The SMILES string of the molecule is O=C(c1nc(-c2c(F)cccc2F)c(F)cc1O)N(c1cccnc1)C1CCCCO1. The van der Waals surface area contributed by atoms with E-state index >= 15 is 0 Å². The average molecular weight is 429 g/mol. The molecule has 1 unspecified atom stereocenters. The molecule has 1 N–H and O–H groups in total. The Labute approximate surface area is 175 Å². The fraction of sp³-hybridized carbons (Fsp3) is 0.227. The van der Waals surface area contributed by atoms with Gasteiger partial charge in [-0.1, -0.05) is 6.07 Å². The summed E-state index contributed by atoms with van der Waals surface area (Å²) in [7, 11) is 0. The van der Waals surface area contributed by atoms with Crippen molar-refractivity contribution >= 4 is 11.6 Å². The summed E-state index contributed by atoms with van der Waals surface area (Å²) in [5.74, 6) is -4.83. The highest BCUT2D eigenvalue weighted by Crippen LogP contribution is 2.32. The van der Waals surface area contributed by atoms with Crippen LogP contribution < -0.4 is 4.90 Å². The van der Waals surface area contributed by atoms with Crippen molar-refractivity contribution in [3.63, 3.8) is 0 Å². The third-order valence-corrected chi connectivity index (χ3v) is 4.94. The normalized spacial score (nSPS) is 16.2. The average Bonchev–Trinajstić information content (AvgIpc) is 2.76. The lowest BCUT2D eigenvalue weighted by atomic mass is 10.1. The molecule has 31 heavy (non-hydrogen) atoms. The number of nitrogens with zero attached hydrogens (tertiary/aromatic N) is 3. The molecule has 1 atom stereocenters. The van der Waals surface area contributed by atoms with Gasteiger partial charge < -0.3 is 9.84 Å². The molecule has 0 aliphatic carbocycles. The van der Waals surface area contributed by atoms with Gasteiger partial charge in [0.1, 0.15) is 29.3 Å². The number of benzene rings is 1. The van der Waals surface area contributed by atoms with Crippen LogP contribution in [0.5, 0.6) is 5.75 Å². The number of carbonyl (C=O) groups is 1. The van der Waals surface area contributed by atoms with Crippen LogP contribution in [-0.4, -0.2) is 33.8 Å². The molecule has 1 fully saturated rings. The molecule has 0 spiro atoms. The summed E-state index contributed by atoms with van der Waals surface area (Å²) in [6, 6.07) is 6.89. The van der Waals surface area contributed by atoms with Gasteiger partial charge in [0.2, 0.25) is 0 Å². The third-order valence-electron chi connectivity index (χ3n) is 4.94. The maximum Gasteiger partial charge on any atom is 0.282 e. The van der Waals surface area contributed by atoms with Crippen molar-refractivity contribution in [2.45, 2.75) is 25.5 Å². The summed E-state index contributed by atoms with van der Waals surface area (Å²) in [6.45, 7) is 0.434. The molecular formula is C22H18F3N3O3. The lowest BCUT2D eigenvalue weighted by Crippen LogP contribution is -2.44. The van der Waals surface area contributed by atoms with E-state index in [0.717, 1.165) is 31.0 Å². The van der Waals surface area contributed by atoms with Crippen molar-refractivity contribution in [1.82, 2.24) is 9.97 Å². The zero-order valence-electron chi connectivity index (χ0n) is 16.3. The molecule has 0 radical (unpaired) electrons. The highest BCUT2D eigenvalue weighted by atomic mass is 19.1. The van der Waals surface area contributed by atoms with Crippen molar-refractivity contribution < 1.29 is 27.8 Å². The van der Waals surface area contributed by atoms with Gasteiger partial charge in [-0.05, 0) is 43.5 Å². The topological polar surface area (TPSA) is 75.5 Å². The van der Waals surface area contributed by atoms with E-state index in [1.54, 1.807) is 12.1 Å². The van der Waals surface area contributed by atoms with Crippen LogP contribution in [0.1, 0.15) is 29.8 Å². The van der Waals surface area contributed by atoms with Crippen LogP contribution in [0.15, 0.2) is 48.8 Å². The van der Waals surface area contributed by atoms with E-state index in [9.17, 15) is 23.1 Å². The van der Waals surface area contributed by atoms with Crippen LogP contribution in [0.2, 0.25) is 0 Å². The summed E-state index contributed by atoms with van der Waals surface area (Å²) < 4.78 is 48.7. The molecule has 2 aromatic heterocycles. The van der Waals surface area contributed by atoms with Crippen molar-refractivity contribution in [3.05, 3.63) is 71.9 Å². The Morgan fingerprint density at radius 3 is 2.52 bits per heavy atom. The smallest absolute Gasteiger partial charge is 0.282 e. The fourth-order valence-corrected chi connectivity index (χ4v) is 3.49. The van der Waals surface area contributed by atoms with Crippen molar-refractivity contribution in [2.75, 3.05) is 11.5 Å². The van der Waals surface area contributed by atoms with Gasteiger partial charge in [0.05, 0.1) is 17.4 Å². The summed E-state index contributed by atoms with van der Waals surface area (Å²) in [5, 5.41) is 10.3. The first-order chi connectivity index (χ1) is 15.0. The van der Waals surface area contributed by atoms with E-state index < -0.39 is 52.3 Å². The van der Waals surface area contributed by atoms with Gasteiger partial charge in [0.25, 0.3) is 5.91 Å². The predicted molar refractivity (Wildman–Crippen MR) is 106 cm³/mol. The quantitative estimate of drug-likeness (QED) is 0.664. The van der Waals surface area contributed by atoms with Crippen LogP contribution in [0, 0.1) is 17.5 Å². The number of anilines is 1. The number of aromatic nitrogens is 2. The molecule has 3 aromatic rings. The largest absolute Gasteiger partial charge is 0.505 e. The number of halogens is 3. The van der Waals surface area contributed by atoms with Gasteiger partial charge >= 0.3 is 0 Å². The maximum absolute atomic E-state index is 14.5. The first kappa shape index (κ1) is 20.8. The molecule has 0 saturated carbocycles. The van der Waals surface area contributed by atoms with Crippen molar-refractivity contribution in [3.8, 4) is 17.0 Å². The lowest BCUT2D eigenvalue weighted by molar-refractivity contribution is 0.0142. The van der Waals surface area contributed by atoms with Gasteiger partial charge in [-0.3, -0.25) is 14.7 Å². The number of ether oxygens (including phenoxy) is 1. The Kier molecular flexibility index (Phi) is 5.85. The minimum absolute atomic E-state index is 0.378. The molecule has 0 bridgehead atoms. The van der Waals surface area contributed by atoms with Crippen LogP contribution in [0.25, 0.3) is 11.3 Å². The molecule has 1 saturated heterocycles. The van der Waals surface area contributed by atoms with Gasteiger partial charge in [-0.25, -0.2) is 18.2 Å². The zero-order valence-corrected chi connectivity index (χ0v) is 16.3. The number of hydrogen-bond acceptors (Lipinski definition) is 5. The van der Waals surface area contributed by atoms with E-state index in [0.29, 0.717) is 24.8 Å². The van der Waals surface area contributed by atoms with Crippen LogP contribution in [0.3, 0.4) is 0 Å². The third kappa shape index (κ3) is 4.09. The molecule has 6 nitrogen and oxygen atoms in total. The molecule has 160 valence electrons. The molecule has 3 heterocycles. The van der Waals surface area contributed by atoms with Crippen LogP contribution in [0.4, 0.5) is 18.9 Å². The first-order valence-electron chi connectivity index (χ1n) is 9.66. The van der Waals surface area contributed by atoms with Crippen molar-refractivity contribution in [1.29, 1.82) is 0 Å². The summed E-state index contributed by atoms with van der Waals surface area (Å²) in [4.78, 5) is 22.5. The van der Waals surface area contributed by atoms with Gasteiger partial charge in [-0.15, -0.1) is 0 Å². The minimum Gasteiger partial charge on any atom is -0.505 e. The van der Waals surface area contributed by atoms with Gasteiger partial charge in [-0.2, -0.15) is 0 Å². The highest BCUT2D eigenvalue weighted by molar-refractivity contribution is 6.07. The summed E-state index contributed by atoms with van der Waals surface area (Å²) in [5.41, 5.74) is -1.62. The van der Waals surface area contributed by atoms with Crippen LogP contribution in [-0.2, 0) is 4.74 Å². The second-order valence-electron chi connectivity index (χ2n) is 6.99. The zero-order chi connectivity index (χ0) is 22.0. The standard InChI is InChI=1S/C22H18F3N3O3/c23-14-6-3-7-15(24)19(14)20-16(25)11-17(29)21(27-20)22(30)28(13-5-4-9-26-12-13)18-8-1-2-10-31-18/h3-7,9,11-12,18,29H,1-2,8,10H2. The van der Waals surface area contributed by atoms with Gasteiger partial charge in [0, 0.05) is 18.9 Å². The fourth-order valence-electron chi connectivity index (χ4n) is 3.49. The maximum atomic E-state index is 14.5. The lowest BCUT2D eigenvalue weighted by Gasteiger charge is -2.33. The van der Waals surface area contributed by atoms with Gasteiger partial charge in [0.15, 0.2) is 11.5 Å². The van der Waals surface area contributed by atoms with E-state index in [2.05, 4.69) is 9.97 Å². The highest BCUT2D eigenvalue weighted by Gasteiger charge is 2.32. The summed E-state index contributed by atoms with van der Waals surface area (Å²) in [6.07, 6.45) is 4.47. The Morgan fingerprint density at radius 1 is 1.10 bits per heavy atom. The number of pyridine rings is 2. The molecule has 1 aliphatic rings. The Bertz CT molecular complexity index is 1090. The van der Waals surface area contributed by atoms with E-state index in [-0.39, 0.29) is 0 Å². The number of amides is 1. The van der Waals surface area contributed by atoms with E-state index in [1.165, 1.54) is 17.3 Å². The molecule has 1 amide bonds. The molecule has 1 aliphatic heterocycles. The number of carbonyl (C=O) groups excluding carboxylic acids is 1. The monoisotopic (exact) mass is 429 g/mol. The van der Waals surface area contributed by atoms with E-state index in [4.69, 9.17) is 4.74 Å². The molecule has 1 aromatic carbocycles. The summed E-state index contributed by atoms with van der Waals surface area (Å²) >= 11 is 0. The predicted octanol–water partition coefficient (Wildman–Crippen LogP) is 4.44. The Morgan fingerprint density at radius 2 is 1.87 bits per heavy atom. The van der Waals surface area contributed by atoms with Crippen LogP contribution >= 0.6 is 0 Å². The second-order valence-corrected chi connectivity index (χ2v) is 6.99. The van der Waals surface area contributed by atoms with E-state index in [1.807, 2.05) is 0 Å². The second kappa shape index (κ2) is 8.73. The Balaban J connectivity index is 1.82.